The third-order valence-corrected chi connectivity index (χ3v) is 5.19. The van der Waals surface area contributed by atoms with Crippen molar-refractivity contribution < 1.29 is 13.5 Å². The number of hydrogen-bond acceptors (Lipinski definition) is 6. The predicted molar refractivity (Wildman–Crippen MR) is 74.2 cm³/mol. The smallest absolute Gasteiger partial charge is 0.266 e. The highest BCUT2D eigenvalue weighted by molar-refractivity contribution is 7.93. The highest BCUT2D eigenvalue weighted by atomic mass is 32.2. The van der Waals surface area contributed by atoms with Crippen LogP contribution in [-0.2, 0) is 16.6 Å². The van der Waals surface area contributed by atoms with Crippen LogP contribution in [-0.4, -0.2) is 34.9 Å². The van der Waals surface area contributed by atoms with Crippen molar-refractivity contribution in [1.29, 1.82) is 0 Å². The molecule has 7 nitrogen and oxygen atoms in total. The van der Waals surface area contributed by atoms with E-state index in [-0.39, 0.29) is 18.0 Å². The molecule has 1 aliphatic rings. The third kappa shape index (κ3) is 2.84. The van der Waals surface area contributed by atoms with Gasteiger partial charge in [0.1, 0.15) is 4.90 Å². The number of rotatable bonds is 6. The largest absolute Gasteiger partial charge is 0.394 e. The van der Waals surface area contributed by atoms with E-state index < -0.39 is 10.0 Å². The van der Waals surface area contributed by atoms with E-state index >= 15 is 0 Å². The van der Waals surface area contributed by atoms with Crippen molar-refractivity contribution in [2.45, 2.75) is 30.2 Å². The first kappa shape index (κ1) is 13.5. The number of sulfonamides is 1. The Bertz CT molecular complexity index is 703. The fourth-order valence-electron chi connectivity index (χ4n) is 1.78. The molecule has 1 fully saturated rings. The zero-order valence-corrected chi connectivity index (χ0v) is 12.2. The van der Waals surface area contributed by atoms with E-state index in [1.165, 1.54) is 28.4 Å². The first-order valence-electron chi connectivity index (χ1n) is 6.20. The second kappa shape index (κ2) is 5.15. The number of hydrogen-bond donors (Lipinski definition) is 2. The minimum Gasteiger partial charge on any atom is -0.394 e. The van der Waals surface area contributed by atoms with Gasteiger partial charge >= 0.3 is 0 Å². The minimum atomic E-state index is -3.67. The Kier molecular flexibility index (Phi) is 3.48. The first-order valence-corrected chi connectivity index (χ1v) is 8.56. The van der Waals surface area contributed by atoms with Gasteiger partial charge in [-0.1, -0.05) is 0 Å². The molecule has 0 spiro atoms. The molecule has 0 aromatic carbocycles. The molecule has 3 rings (SSSR count). The summed E-state index contributed by atoms with van der Waals surface area (Å²) >= 11 is 1.29. The fraction of sp³-hybridized carbons (Fsp3) is 0.455. The number of aliphatic hydroxyl groups is 1. The standard InChI is InChI=1S/C11H14N4O3S2/c16-4-3-15-6-9(5-12-15)20(17,18)14-11-13-10(7-19-11)8-1-2-8/h5-8,16H,1-4H2,(H,13,14). The van der Waals surface area contributed by atoms with E-state index in [0.29, 0.717) is 11.0 Å². The van der Waals surface area contributed by atoms with E-state index in [1.54, 1.807) is 0 Å². The van der Waals surface area contributed by atoms with Gasteiger partial charge in [-0.25, -0.2) is 13.4 Å². The lowest BCUT2D eigenvalue weighted by atomic mass is 10.3. The maximum atomic E-state index is 12.2. The van der Waals surface area contributed by atoms with Gasteiger partial charge in [0, 0.05) is 17.5 Å². The molecule has 0 atom stereocenters. The number of anilines is 1. The Balaban J connectivity index is 1.76. The van der Waals surface area contributed by atoms with Crippen LogP contribution in [0.3, 0.4) is 0 Å². The molecule has 2 aromatic heterocycles. The number of thiazole rings is 1. The Morgan fingerprint density at radius 2 is 2.30 bits per heavy atom. The van der Waals surface area contributed by atoms with Gasteiger partial charge in [-0.3, -0.25) is 9.40 Å². The molecule has 1 aliphatic carbocycles. The summed E-state index contributed by atoms with van der Waals surface area (Å²) in [7, 11) is -3.67. The average molecular weight is 314 g/mol. The van der Waals surface area contributed by atoms with Gasteiger partial charge in [-0.05, 0) is 12.8 Å². The van der Waals surface area contributed by atoms with Crippen LogP contribution < -0.4 is 4.72 Å². The van der Waals surface area contributed by atoms with Crippen molar-refractivity contribution in [2.24, 2.45) is 0 Å². The summed E-state index contributed by atoms with van der Waals surface area (Å²) in [6, 6.07) is 0. The molecular weight excluding hydrogens is 300 g/mol. The molecule has 1 saturated carbocycles. The van der Waals surface area contributed by atoms with Crippen molar-refractivity contribution in [3.8, 4) is 0 Å². The van der Waals surface area contributed by atoms with Crippen LogP contribution in [0, 0.1) is 0 Å². The van der Waals surface area contributed by atoms with Gasteiger partial charge < -0.3 is 5.11 Å². The van der Waals surface area contributed by atoms with Crippen molar-refractivity contribution in [3.63, 3.8) is 0 Å². The zero-order valence-electron chi connectivity index (χ0n) is 10.6. The van der Waals surface area contributed by atoms with Crippen LogP contribution in [0.5, 0.6) is 0 Å². The minimum absolute atomic E-state index is 0.0640. The van der Waals surface area contributed by atoms with Crippen molar-refractivity contribution in [3.05, 3.63) is 23.5 Å². The van der Waals surface area contributed by atoms with Crippen LogP contribution in [0.15, 0.2) is 22.7 Å². The summed E-state index contributed by atoms with van der Waals surface area (Å²) in [4.78, 5) is 4.35. The molecule has 0 bridgehead atoms. The van der Waals surface area contributed by atoms with Gasteiger partial charge in [-0.15, -0.1) is 11.3 Å². The van der Waals surface area contributed by atoms with Crippen LogP contribution in [0.25, 0.3) is 0 Å². The van der Waals surface area contributed by atoms with Crippen molar-refractivity contribution in [2.75, 3.05) is 11.3 Å². The molecule has 0 radical (unpaired) electrons. The van der Waals surface area contributed by atoms with E-state index in [9.17, 15) is 8.42 Å². The molecule has 0 saturated heterocycles. The van der Waals surface area contributed by atoms with E-state index in [0.717, 1.165) is 18.5 Å². The highest BCUT2D eigenvalue weighted by Gasteiger charge is 2.27. The van der Waals surface area contributed by atoms with Crippen LogP contribution >= 0.6 is 11.3 Å². The normalized spacial score (nSPS) is 15.4. The Morgan fingerprint density at radius 3 is 3.00 bits per heavy atom. The first-order chi connectivity index (χ1) is 9.58. The lowest BCUT2D eigenvalue weighted by molar-refractivity contribution is 0.269. The predicted octanol–water partition coefficient (Wildman–Crippen LogP) is 1.01. The van der Waals surface area contributed by atoms with Gasteiger partial charge in [0.25, 0.3) is 10.0 Å². The van der Waals surface area contributed by atoms with E-state index in [4.69, 9.17) is 5.11 Å². The molecule has 108 valence electrons. The number of aromatic nitrogens is 3. The Hall–Kier alpha value is -1.45. The molecule has 2 N–H and O–H groups in total. The van der Waals surface area contributed by atoms with E-state index in [2.05, 4.69) is 14.8 Å². The molecule has 9 heteroatoms. The maximum Gasteiger partial charge on any atom is 0.266 e. The molecule has 0 unspecified atom stereocenters. The summed E-state index contributed by atoms with van der Waals surface area (Å²) in [6.07, 6.45) is 4.90. The van der Waals surface area contributed by atoms with Crippen molar-refractivity contribution >= 4 is 26.5 Å². The molecular formula is C11H14N4O3S2. The second-order valence-electron chi connectivity index (χ2n) is 4.62. The lowest BCUT2D eigenvalue weighted by Crippen LogP contribution is -2.12. The molecule has 2 aromatic rings. The van der Waals surface area contributed by atoms with Gasteiger partial charge in [0.15, 0.2) is 5.13 Å². The molecule has 0 aliphatic heterocycles. The third-order valence-electron chi connectivity index (χ3n) is 2.99. The second-order valence-corrected chi connectivity index (χ2v) is 7.16. The lowest BCUT2D eigenvalue weighted by Gasteiger charge is -2.01. The SMILES string of the molecule is O=S(=O)(Nc1nc(C2CC2)cs1)c1cnn(CCO)c1. The summed E-state index contributed by atoms with van der Waals surface area (Å²) in [5.74, 6) is 0.497. The number of aliphatic hydroxyl groups excluding tert-OH is 1. The Labute approximate surface area is 120 Å². The molecule has 2 heterocycles. The quantitative estimate of drug-likeness (QED) is 0.829. The highest BCUT2D eigenvalue weighted by Crippen LogP contribution is 2.41. The number of nitrogens with one attached hydrogen (secondary N) is 1. The van der Waals surface area contributed by atoms with Gasteiger partial charge in [0.2, 0.25) is 0 Å². The summed E-state index contributed by atoms with van der Waals surface area (Å²) < 4.78 is 28.1. The average Bonchev–Trinajstić information content (AvgIpc) is 2.95. The van der Waals surface area contributed by atoms with Gasteiger partial charge in [0.05, 0.1) is 25.0 Å². The molecule has 0 amide bonds. The van der Waals surface area contributed by atoms with Crippen LogP contribution in [0.1, 0.15) is 24.5 Å². The van der Waals surface area contributed by atoms with Crippen LogP contribution in [0.2, 0.25) is 0 Å². The van der Waals surface area contributed by atoms with Crippen LogP contribution in [0.4, 0.5) is 5.13 Å². The van der Waals surface area contributed by atoms with E-state index in [1.807, 2.05) is 5.38 Å². The van der Waals surface area contributed by atoms with Gasteiger partial charge in [-0.2, -0.15) is 5.10 Å². The topological polar surface area (TPSA) is 97.1 Å². The zero-order chi connectivity index (χ0) is 14.2. The number of nitrogens with zero attached hydrogens (tertiary/aromatic N) is 3. The monoisotopic (exact) mass is 314 g/mol. The Morgan fingerprint density at radius 1 is 1.50 bits per heavy atom. The maximum absolute atomic E-state index is 12.2. The summed E-state index contributed by atoms with van der Waals surface area (Å²) in [6.45, 7) is 0.171. The summed E-state index contributed by atoms with van der Waals surface area (Å²) in [5, 5.41) is 14.9. The van der Waals surface area contributed by atoms with Crippen molar-refractivity contribution in [1.82, 2.24) is 14.8 Å². The summed E-state index contributed by atoms with van der Waals surface area (Å²) in [5.41, 5.74) is 0.962. The fourth-order valence-corrected chi connectivity index (χ4v) is 3.78. The molecule has 20 heavy (non-hydrogen) atoms.